The summed E-state index contributed by atoms with van der Waals surface area (Å²) in [5.74, 6) is 0. The first kappa shape index (κ1) is 70.0. The summed E-state index contributed by atoms with van der Waals surface area (Å²) in [6, 6.07) is 56.7. The quantitative estimate of drug-likeness (QED) is 0.0718. The molecule has 468 valence electrons. The van der Waals surface area contributed by atoms with E-state index in [-0.39, 0.29) is 60.1 Å². The molecule has 3 aliphatic rings. The minimum absolute atomic E-state index is 0. The number of benzene rings is 8. The Bertz CT molecular complexity index is 4120. The molecule has 12 heteroatoms. The Labute approximate surface area is 547 Å². The van der Waals surface area contributed by atoms with Crippen LogP contribution in [0.5, 0.6) is 0 Å². The van der Waals surface area contributed by atoms with Crippen molar-refractivity contribution in [2.45, 2.75) is 154 Å². The third-order valence-electron chi connectivity index (χ3n) is 18.0. The summed E-state index contributed by atoms with van der Waals surface area (Å²) >= 11 is 7.08. The molecule has 0 fully saturated rings. The number of anilines is 1. The number of nitrogens with zero attached hydrogens (tertiary/aromatic N) is 2. The topological polar surface area (TPSA) is 121 Å². The highest BCUT2D eigenvalue weighted by molar-refractivity contribution is 7.86. The van der Waals surface area contributed by atoms with E-state index < -0.39 is 20.2 Å². The van der Waals surface area contributed by atoms with E-state index >= 15 is 0 Å². The van der Waals surface area contributed by atoms with Crippen LogP contribution in [0.3, 0.4) is 0 Å². The Morgan fingerprint density at radius 2 is 1.03 bits per heavy atom. The van der Waals surface area contributed by atoms with Gasteiger partial charge in [-0.2, -0.15) is 4.58 Å². The minimum atomic E-state index is -4.27. The van der Waals surface area contributed by atoms with Gasteiger partial charge >= 0.3 is 21.2 Å². The first-order valence-electron chi connectivity index (χ1n) is 30.2. The van der Waals surface area contributed by atoms with Crippen molar-refractivity contribution in [3.8, 4) is 0 Å². The highest BCUT2D eigenvalue weighted by Crippen LogP contribution is 2.50. The standard InChI is InChI=1S/C40H40ClN2.C22H30I.2C7H8O3S.CH4/c1-39(2)34(42(5)32-22-18-26-12-7-9-16-30(26)36(32)39)24-20-28-14-11-15-29(38(28)41)21-25-35-40(3,4)37-31-17-10-8-13-27(31)19-23-33(37)43(35)6;1-7-21(3,4)17-9-13-19(14-10-17)23-20-15-11-18(12-16-20)22(5,6)8-2;2*1-6-2-4-7(5-3-6)11(8,9)10;/h7-10,12-13,16-25H,11,14-15H2,1-6H3;9-16H,7-8H2,1-6H3;2*2-5H,1H3,(H,8,9,10);1H4/q2*+1;;;/p-2. The van der Waals surface area contributed by atoms with Gasteiger partial charge in [0, 0.05) is 46.6 Å². The van der Waals surface area contributed by atoms with Crippen LogP contribution in [0.2, 0.25) is 0 Å². The zero-order valence-corrected chi connectivity index (χ0v) is 58.0. The molecule has 0 atom stereocenters. The van der Waals surface area contributed by atoms with E-state index in [2.05, 4.69) is 238 Å². The maximum Gasteiger partial charge on any atom is 0.357 e. The van der Waals surface area contributed by atoms with Gasteiger partial charge in [0.2, 0.25) is 5.69 Å². The average Bonchev–Trinajstić information content (AvgIpc) is 1.61. The molecule has 8 aromatic rings. The van der Waals surface area contributed by atoms with Crippen molar-refractivity contribution >= 4 is 70.5 Å². The second-order valence-corrected chi connectivity index (χ2v) is 31.7. The summed E-state index contributed by atoms with van der Waals surface area (Å²) in [5.41, 5.74) is 15.5. The fraction of sp³-hybridized carbons (Fsp3) is 0.312. The van der Waals surface area contributed by atoms with Crippen LogP contribution in [0.15, 0.2) is 226 Å². The molecule has 0 amide bonds. The van der Waals surface area contributed by atoms with E-state index in [0.29, 0.717) is 0 Å². The molecular formula is C77H88ClIN2O6S2. The largest absolute Gasteiger partial charge is 0.744 e. The van der Waals surface area contributed by atoms with E-state index in [1.165, 1.54) is 122 Å². The molecule has 2 heterocycles. The van der Waals surface area contributed by atoms with Crippen LogP contribution < -0.4 is 26.1 Å². The van der Waals surface area contributed by atoms with Crippen molar-refractivity contribution < 1.29 is 51.7 Å². The predicted octanol–water partition coefficient (Wildman–Crippen LogP) is 16.1. The predicted molar refractivity (Wildman–Crippen MR) is 367 cm³/mol. The monoisotopic (exact) mass is 1360 g/mol. The smallest absolute Gasteiger partial charge is 0.357 e. The zero-order chi connectivity index (χ0) is 64.1. The lowest BCUT2D eigenvalue weighted by Gasteiger charge is -2.25. The van der Waals surface area contributed by atoms with Crippen molar-refractivity contribution in [1.82, 2.24) is 0 Å². The molecule has 2 aliphatic heterocycles. The normalized spacial score (nSPS) is 16.3. The molecule has 11 rings (SSSR count). The third kappa shape index (κ3) is 16.0. The van der Waals surface area contributed by atoms with Gasteiger partial charge in [0.1, 0.15) is 27.3 Å². The summed E-state index contributed by atoms with van der Waals surface area (Å²) in [4.78, 5) is 2.00. The molecule has 0 saturated carbocycles. The van der Waals surface area contributed by atoms with Crippen molar-refractivity contribution in [2.75, 3.05) is 19.0 Å². The van der Waals surface area contributed by atoms with Crippen LogP contribution in [-0.4, -0.2) is 50.3 Å². The van der Waals surface area contributed by atoms with E-state index in [1.54, 1.807) is 24.3 Å². The number of hydrogen-bond donors (Lipinski definition) is 0. The van der Waals surface area contributed by atoms with Crippen LogP contribution in [0.1, 0.15) is 142 Å². The van der Waals surface area contributed by atoms with Crippen LogP contribution in [0, 0.1) is 21.0 Å². The number of fused-ring (bicyclic) bond motifs is 6. The minimum Gasteiger partial charge on any atom is -0.744 e. The number of rotatable bonds is 11. The molecule has 0 spiro atoms. The summed E-state index contributed by atoms with van der Waals surface area (Å²) in [7, 11) is -4.16. The fourth-order valence-corrected chi connectivity index (χ4v) is 15.2. The third-order valence-corrected chi connectivity index (χ3v) is 22.9. The van der Waals surface area contributed by atoms with Crippen molar-refractivity contribution in [3.05, 3.63) is 257 Å². The van der Waals surface area contributed by atoms with E-state index in [1.807, 2.05) is 13.8 Å². The molecule has 0 unspecified atom stereocenters. The summed E-state index contributed by atoms with van der Waals surface area (Å²) in [6.07, 6.45) is 14.6. The van der Waals surface area contributed by atoms with Gasteiger partial charge in [-0.15, -0.1) is 0 Å². The maximum atomic E-state index is 10.4. The first-order chi connectivity index (χ1) is 41.4. The molecule has 0 aromatic heterocycles. The maximum absolute atomic E-state index is 10.4. The molecule has 0 N–H and O–H groups in total. The number of hydrogen-bond acceptors (Lipinski definition) is 7. The van der Waals surface area contributed by atoms with Crippen LogP contribution in [0.25, 0.3) is 21.5 Å². The molecule has 0 saturated heterocycles. The number of allylic oxidation sites excluding steroid dienone is 8. The van der Waals surface area contributed by atoms with Gasteiger partial charge in [-0.05, 0) is 187 Å². The van der Waals surface area contributed by atoms with Crippen LogP contribution >= 0.6 is 11.6 Å². The second kappa shape index (κ2) is 28.4. The Morgan fingerprint density at radius 3 is 1.49 bits per heavy atom. The van der Waals surface area contributed by atoms with Gasteiger partial charge in [0.15, 0.2) is 12.9 Å². The lowest BCUT2D eigenvalue weighted by atomic mass is 9.79. The van der Waals surface area contributed by atoms with Crippen molar-refractivity contribution in [1.29, 1.82) is 0 Å². The molecule has 89 heavy (non-hydrogen) atoms. The van der Waals surface area contributed by atoms with Gasteiger partial charge < -0.3 is 14.0 Å². The van der Waals surface area contributed by atoms with Gasteiger partial charge in [-0.3, -0.25) is 0 Å². The molecule has 0 radical (unpaired) electrons. The molecule has 0 bridgehead atoms. The van der Waals surface area contributed by atoms with E-state index in [9.17, 15) is 25.9 Å². The van der Waals surface area contributed by atoms with Crippen molar-refractivity contribution in [3.63, 3.8) is 0 Å². The van der Waals surface area contributed by atoms with Gasteiger partial charge in [-0.25, -0.2) is 16.8 Å². The number of halogens is 2. The Morgan fingerprint density at radius 1 is 0.584 bits per heavy atom. The van der Waals surface area contributed by atoms with Crippen LogP contribution in [0.4, 0.5) is 11.4 Å². The van der Waals surface area contributed by atoms with Gasteiger partial charge in [0.25, 0.3) is 0 Å². The molecule has 1 aliphatic carbocycles. The Hall–Kier alpha value is -6.45. The lowest BCUT2D eigenvalue weighted by molar-refractivity contribution is -0.597. The SMILES string of the molecule is C.CCC(C)(C)c1ccc([I+]c2ccc(C(C)(C)CC)cc2)cc1.CN1C(=CC=C2CCCC(C=CC3=[N+](C)c4ccc5ccccc5c4C3(C)C)=C2Cl)C(C)(C)c2c1ccc1ccccc21.Cc1ccc(S(=O)(=O)[O-])cc1.Cc1ccc(S(=O)(=O)[O-])cc1. The van der Waals surface area contributed by atoms with Crippen molar-refractivity contribution in [2.24, 2.45) is 0 Å². The van der Waals surface area contributed by atoms with E-state index in [4.69, 9.17) is 11.6 Å². The van der Waals surface area contributed by atoms with Gasteiger partial charge in [-0.1, -0.05) is 201 Å². The number of aryl methyl sites for hydroxylation is 2. The first-order valence-corrected chi connectivity index (χ1v) is 35.5. The van der Waals surface area contributed by atoms with E-state index in [0.717, 1.165) is 35.4 Å². The zero-order valence-electron chi connectivity index (χ0n) is 53.4. The Balaban J connectivity index is 0.000000203. The highest BCUT2D eigenvalue weighted by Gasteiger charge is 2.44. The van der Waals surface area contributed by atoms with Crippen LogP contribution in [-0.2, 0) is 41.9 Å². The van der Waals surface area contributed by atoms with Gasteiger partial charge in [0.05, 0.1) is 15.2 Å². The summed E-state index contributed by atoms with van der Waals surface area (Å²) in [6.45, 7) is 26.8. The lowest BCUT2D eigenvalue weighted by Crippen LogP contribution is -3.61. The summed E-state index contributed by atoms with van der Waals surface area (Å²) < 4.78 is 67.7. The fourth-order valence-electron chi connectivity index (χ4n) is 11.8. The second-order valence-electron chi connectivity index (χ2n) is 25.5. The molecule has 8 aromatic carbocycles. The molecular weight excluding hydrogens is 1280 g/mol. The molecule has 8 nitrogen and oxygen atoms in total. The summed E-state index contributed by atoms with van der Waals surface area (Å²) in [5, 5.41) is 6.17. The Kier molecular flexibility index (Phi) is 22.3. The highest BCUT2D eigenvalue weighted by atomic mass is 127. The average molecular weight is 1360 g/mol. The number of likely N-dealkylation sites (N-methyl/N-ethyl adjacent to an activating group) is 1.